The topological polar surface area (TPSA) is 58.7 Å². The highest BCUT2D eigenvalue weighted by Crippen LogP contribution is 2.22. The first-order chi connectivity index (χ1) is 13.2. The van der Waals surface area contributed by atoms with E-state index in [4.69, 9.17) is 5.73 Å². The van der Waals surface area contributed by atoms with Crippen molar-refractivity contribution in [2.24, 2.45) is 16.6 Å². The Kier molecular flexibility index (Phi) is 6.64. The van der Waals surface area contributed by atoms with Crippen molar-refractivity contribution >= 4 is 11.7 Å². The van der Waals surface area contributed by atoms with Crippen LogP contribution in [0.4, 0.5) is 0 Å². The maximum atomic E-state index is 12.5. The summed E-state index contributed by atoms with van der Waals surface area (Å²) in [7, 11) is 1.69. The van der Waals surface area contributed by atoms with Crippen molar-refractivity contribution in [3.8, 4) is 0 Å². The van der Waals surface area contributed by atoms with Gasteiger partial charge in [0.15, 0.2) is 0 Å². The van der Waals surface area contributed by atoms with E-state index in [1.54, 1.807) is 7.05 Å². The Bertz CT molecular complexity index is 760. The fourth-order valence-electron chi connectivity index (χ4n) is 3.71. The molecule has 2 aromatic rings. The highest BCUT2D eigenvalue weighted by Gasteiger charge is 2.22. The Morgan fingerprint density at radius 1 is 1.04 bits per heavy atom. The second kappa shape index (κ2) is 9.36. The minimum atomic E-state index is 0.270. The number of rotatable bonds is 6. The third kappa shape index (κ3) is 5.43. The van der Waals surface area contributed by atoms with Crippen molar-refractivity contribution in [1.29, 1.82) is 0 Å². The summed E-state index contributed by atoms with van der Waals surface area (Å²) in [6.07, 6.45) is 4.67. The molecule has 1 amide bonds. The predicted octanol–water partition coefficient (Wildman–Crippen LogP) is 3.44. The van der Waals surface area contributed by atoms with Crippen LogP contribution < -0.4 is 5.73 Å². The van der Waals surface area contributed by atoms with E-state index in [9.17, 15) is 4.79 Å². The molecule has 1 saturated heterocycles. The minimum Gasteiger partial charge on any atom is -0.384 e. The Hall–Kier alpha value is -2.62. The largest absolute Gasteiger partial charge is 0.384 e. The minimum absolute atomic E-state index is 0.270. The Labute approximate surface area is 162 Å². The predicted molar refractivity (Wildman–Crippen MR) is 111 cm³/mol. The number of amides is 1. The van der Waals surface area contributed by atoms with Crippen LogP contribution in [-0.4, -0.2) is 36.8 Å². The molecule has 0 saturated carbocycles. The van der Waals surface area contributed by atoms with Gasteiger partial charge in [0.05, 0.1) is 0 Å². The van der Waals surface area contributed by atoms with Gasteiger partial charge in [-0.1, -0.05) is 54.6 Å². The van der Waals surface area contributed by atoms with Gasteiger partial charge < -0.3 is 10.6 Å². The molecule has 1 aliphatic rings. The van der Waals surface area contributed by atoms with Crippen LogP contribution in [0.5, 0.6) is 0 Å². The zero-order valence-corrected chi connectivity index (χ0v) is 16.1. The Morgan fingerprint density at radius 2 is 1.70 bits per heavy atom. The molecule has 0 atom stereocenters. The second-order valence-electron chi connectivity index (χ2n) is 7.32. The van der Waals surface area contributed by atoms with E-state index in [-0.39, 0.29) is 5.91 Å². The van der Waals surface area contributed by atoms with Crippen molar-refractivity contribution in [3.63, 3.8) is 0 Å². The number of aliphatic imine (C=N–C) groups is 1. The van der Waals surface area contributed by atoms with Gasteiger partial charge >= 0.3 is 0 Å². The SMILES string of the molecule is CN=C(N)c1ccc(CCC(=O)N2CCC(Cc3ccccc3)CC2)cc1. The van der Waals surface area contributed by atoms with E-state index < -0.39 is 0 Å². The molecule has 0 unspecified atom stereocenters. The summed E-state index contributed by atoms with van der Waals surface area (Å²) in [4.78, 5) is 18.6. The van der Waals surface area contributed by atoms with Crippen LogP contribution in [0, 0.1) is 5.92 Å². The van der Waals surface area contributed by atoms with Crippen LogP contribution >= 0.6 is 0 Å². The molecule has 4 nitrogen and oxygen atoms in total. The second-order valence-corrected chi connectivity index (χ2v) is 7.32. The Balaban J connectivity index is 1.43. The third-order valence-electron chi connectivity index (χ3n) is 5.45. The first-order valence-electron chi connectivity index (χ1n) is 9.79. The lowest BCUT2D eigenvalue weighted by atomic mass is 9.90. The summed E-state index contributed by atoms with van der Waals surface area (Å²) in [6, 6.07) is 18.7. The number of nitrogens with two attached hydrogens (primary N) is 1. The number of aryl methyl sites for hydroxylation is 1. The average Bonchev–Trinajstić information content (AvgIpc) is 2.73. The normalized spacial score (nSPS) is 15.7. The number of nitrogens with zero attached hydrogens (tertiary/aromatic N) is 2. The number of likely N-dealkylation sites (tertiary alicyclic amines) is 1. The molecule has 3 rings (SSSR count). The standard InChI is InChI=1S/C23H29N3O/c1-25-23(24)21-10-7-18(8-11-21)9-12-22(27)26-15-13-20(14-16-26)17-19-5-3-2-4-6-19/h2-8,10-11,20H,9,12-17H2,1H3,(H2,24,25). The van der Waals surface area contributed by atoms with Crippen LogP contribution in [0.3, 0.4) is 0 Å². The first-order valence-corrected chi connectivity index (χ1v) is 9.79. The number of carbonyl (C=O) groups is 1. The molecule has 1 heterocycles. The third-order valence-corrected chi connectivity index (χ3v) is 5.45. The van der Waals surface area contributed by atoms with Gasteiger partial charge in [-0.15, -0.1) is 0 Å². The van der Waals surface area contributed by atoms with Gasteiger partial charge in [-0.3, -0.25) is 9.79 Å². The molecular weight excluding hydrogens is 334 g/mol. The first kappa shape index (κ1) is 19.2. The smallest absolute Gasteiger partial charge is 0.222 e. The summed E-state index contributed by atoms with van der Waals surface area (Å²) >= 11 is 0. The van der Waals surface area contributed by atoms with Gasteiger partial charge in [0.2, 0.25) is 5.91 Å². The molecule has 1 fully saturated rings. The molecule has 4 heteroatoms. The molecule has 0 bridgehead atoms. The van der Waals surface area contributed by atoms with Crippen LogP contribution in [0.1, 0.15) is 36.0 Å². The molecule has 1 aliphatic heterocycles. The van der Waals surface area contributed by atoms with E-state index in [0.29, 0.717) is 18.2 Å². The monoisotopic (exact) mass is 363 g/mol. The highest BCUT2D eigenvalue weighted by molar-refractivity contribution is 5.97. The number of hydrogen-bond donors (Lipinski definition) is 1. The van der Waals surface area contributed by atoms with Gasteiger partial charge in [0.1, 0.15) is 5.84 Å². The van der Waals surface area contributed by atoms with Gasteiger partial charge in [-0.05, 0) is 42.7 Å². The van der Waals surface area contributed by atoms with Crippen LogP contribution in [0.15, 0.2) is 59.6 Å². The fraction of sp³-hybridized carbons (Fsp3) is 0.391. The van der Waals surface area contributed by atoms with Crippen LogP contribution in [0.2, 0.25) is 0 Å². The Morgan fingerprint density at radius 3 is 2.33 bits per heavy atom. The maximum Gasteiger partial charge on any atom is 0.222 e. The lowest BCUT2D eigenvalue weighted by Gasteiger charge is -2.32. The average molecular weight is 364 g/mol. The molecule has 0 aromatic heterocycles. The van der Waals surface area contributed by atoms with Gasteiger partial charge in [0.25, 0.3) is 0 Å². The summed E-state index contributed by atoms with van der Waals surface area (Å²) in [5.74, 6) is 1.50. The number of piperidine rings is 1. The summed E-state index contributed by atoms with van der Waals surface area (Å²) < 4.78 is 0. The summed E-state index contributed by atoms with van der Waals surface area (Å²) in [5.41, 5.74) is 9.30. The van der Waals surface area contributed by atoms with Crippen molar-refractivity contribution < 1.29 is 4.79 Å². The zero-order chi connectivity index (χ0) is 19.1. The zero-order valence-electron chi connectivity index (χ0n) is 16.1. The number of hydrogen-bond acceptors (Lipinski definition) is 2. The van der Waals surface area contributed by atoms with E-state index in [2.05, 4.69) is 35.3 Å². The van der Waals surface area contributed by atoms with Gasteiger partial charge in [-0.25, -0.2) is 0 Å². The molecular formula is C23H29N3O. The molecule has 0 aliphatic carbocycles. The molecule has 2 aromatic carbocycles. The number of benzene rings is 2. The lowest BCUT2D eigenvalue weighted by molar-refractivity contribution is -0.132. The van der Waals surface area contributed by atoms with E-state index in [0.717, 1.165) is 49.9 Å². The number of amidine groups is 1. The van der Waals surface area contributed by atoms with Crippen LogP contribution in [-0.2, 0) is 17.6 Å². The molecule has 142 valence electrons. The van der Waals surface area contributed by atoms with Crippen molar-refractivity contribution in [1.82, 2.24) is 4.90 Å². The van der Waals surface area contributed by atoms with Gasteiger partial charge in [0, 0.05) is 32.1 Å². The molecule has 0 spiro atoms. The summed E-state index contributed by atoms with van der Waals surface area (Å²) in [6.45, 7) is 1.78. The summed E-state index contributed by atoms with van der Waals surface area (Å²) in [5, 5.41) is 0. The van der Waals surface area contributed by atoms with E-state index in [1.165, 1.54) is 5.56 Å². The van der Waals surface area contributed by atoms with E-state index >= 15 is 0 Å². The maximum absolute atomic E-state index is 12.5. The van der Waals surface area contributed by atoms with Crippen LogP contribution in [0.25, 0.3) is 0 Å². The van der Waals surface area contributed by atoms with E-state index in [1.807, 2.05) is 29.2 Å². The van der Waals surface area contributed by atoms with Gasteiger partial charge in [-0.2, -0.15) is 0 Å². The number of carbonyl (C=O) groups excluding carboxylic acids is 1. The molecule has 27 heavy (non-hydrogen) atoms. The van der Waals surface area contributed by atoms with Crippen molar-refractivity contribution in [2.45, 2.75) is 32.1 Å². The fourth-order valence-corrected chi connectivity index (χ4v) is 3.71. The molecule has 2 N–H and O–H groups in total. The lowest BCUT2D eigenvalue weighted by Crippen LogP contribution is -2.39. The highest BCUT2D eigenvalue weighted by atomic mass is 16.2. The van der Waals surface area contributed by atoms with Crippen molar-refractivity contribution in [3.05, 3.63) is 71.3 Å². The molecule has 0 radical (unpaired) electrons. The van der Waals surface area contributed by atoms with Crippen molar-refractivity contribution in [2.75, 3.05) is 20.1 Å². The quantitative estimate of drug-likeness (QED) is 0.631.